The Labute approximate surface area is 139 Å². The maximum absolute atomic E-state index is 9.24. The van der Waals surface area contributed by atoms with E-state index in [1.54, 1.807) is 0 Å². The summed E-state index contributed by atoms with van der Waals surface area (Å²) in [5.74, 6) is 0.770. The zero-order valence-electron chi connectivity index (χ0n) is 12.5. The number of aromatic nitrogens is 1. The highest BCUT2D eigenvalue weighted by molar-refractivity contribution is 6.31. The number of nitriles is 1. The molecule has 0 amide bonds. The van der Waals surface area contributed by atoms with E-state index in [-0.39, 0.29) is 5.69 Å². The second-order valence-electron chi connectivity index (χ2n) is 5.12. The van der Waals surface area contributed by atoms with E-state index in [2.05, 4.69) is 10.3 Å². The lowest BCUT2D eigenvalue weighted by Crippen LogP contribution is -2.00. The third-order valence-corrected chi connectivity index (χ3v) is 3.80. The van der Waals surface area contributed by atoms with Crippen molar-refractivity contribution in [3.05, 3.63) is 70.4 Å². The molecule has 0 fully saturated rings. The molecule has 3 aromatic rings. The number of halogens is 1. The summed E-state index contributed by atoms with van der Waals surface area (Å²) in [5.41, 5.74) is 3.13. The van der Waals surface area contributed by atoms with Crippen molar-refractivity contribution < 1.29 is 4.42 Å². The second kappa shape index (κ2) is 6.55. The predicted octanol–water partition coefficient (Wildman–Crippen LogP) is 4.79. The van der Waals surface area contributed by atoms with Crippen molar-refractivity contribution in [2.75, 3.05) is 5.32 Å². The fraction of sp³-hybridized carbons (Fsp3) is 0.111. The van der Waals surface area contributed by atoms with Gasteiger partial charge in [-0.25, -0.2) is 0 Å². The summed E-state index contributed by atoms with van der Waals surface area (Å²) in [7, 11) is 0. The molecule has 4 nitrogen and oxygen atoms in total. The molecule has 1 N–H and O–H groups in total. The predicted molar refractivity (Wildman–Crippen MR) is 90.2 cm³/mol. The van der Waals surface area contributed by atoms with E-state index in [1.807, 2.05) is 61.5 Å². The topological polar surface area (TPSA) is 61.9 Å². The molecule has 0 atom stereocenters. The van der Waals surface area contributed by atoms with E-state index in [4.69, 9.17) is 16.0 Å². The number of oxazole rings is 1. The lowest BCUT2D eigenvalue weighted by atomic mass is 10.1. The molecule has 2 aromatic carbocycles. The Morgan fingerprint density at radius 2 is 1.91 bits per heavy atom. The molecule has 23 heavy (non-hydrogen) atoms. The number of nitrogens with one attached hydrogen (secondary N) is 1. The molecule has 0 aliphatic carbocycles. The summed E-state index contributed by atoms with van der Waals surface area (Å²) in [6.07, 6.45) is 0. The molecule has 5 heteroatoms. The molecule has 0 aliphatic heterocycles. The first-order valence-corrected chi connectivity index (χ1v) is 7.50. The minimum absolute atomic E-state index is 0.229. The zero-order valence-corrected chi connectivity index (χ0v) is 13.3. The number of benzene rings is 2. The molecule has 0 saturated heterocycles. The number of hydrogen-bond donors (Lipinski definition) is 1. The van der Waals surface area contributed by atoms with Crippen molar-refractivity contribution in [3.8, 4) is 17.5 Å². The maximum atomic E-state index is 9.24. The van der Waals surface area contributed by atoms with Crippen molar-refractivity contribution in [1.82, 2.24) is 4.98 Å². The molecular formula is C18H14ClN3O. The third kappa shape index (κ3) is 3.36. The summed E-state index contributed by atoms with van der Waals surface area (Å²) >= 11 is 6.13. The van der Waals surface area contributed by atoms with Gasteiger partial charge in [0, 0.05) is 17.1 Å². The van der Waals surface area contributed by atoms with E-state index in [0.717, 1.165) is 16.7 Å². The van der Waals surface area contributed by atoms with Gasteiger partial charge in [-0.1, -0.05) is 47.5 Å². The van der Waals surface area contributed by atoms with Crippen LogP contribution in [0.15, 0.2) is 52.9 Å². The molecule has 3 rings (SSSR count). The summed E-state index contributed by atoms with van der Waals surface area (Å²) in [6, 6.07) is 17.3. The monoisotopic (exact) mass is 323 g/mol. The Balaban J connectivity index is 1.84. The Bertz CT molecular complexity index is 863. The van der Waals surface area contributed by atoms with Crippen LogP contribution in [0.3, 0.4) is 0 Å². The first-order chi connectivity index (χ1) is 11.2. The van der Waals surface area contributed by atoms with Crippen LogP contribution in [0.2, 0.25) is 5.02 Å². The van der Waals surface area contributed by atoms with Gasteiger partial charge in [-0.3, -0.25) is 0 Å². The minimum Gasteiger partial charge on any atom is -0.419 e. The summed E-state index contributed by atoms with van der Waals surface area (Å²) < 4.78 is 5.71. The SMILES string of the molecule is Cc1ccc(-c2nc(C#N)c(NCc3ccccc3Cl)o2)cc1. The van der Waals surface area contributed by atoms with Crippen molar-refractivity contribution in [2.24, 2.45) is 0 Å². The minimum atomic E-state index is 0.229. The quantitative estimate of drug-likeness (QED) is 0.750. The number of anilines is 1. The van der Waals surface area contributed by atoms with Gasteiger partial charge in [0.05, 0.1) is 0 Å². The highest BCUT2D eigenvalue weighted by Crippen LogP contribution is 2.26. The third-order valence-electron chi connectivity index (χ3n) is 3.43. The highest BCUT2D eigenvalue weighted by atomic mass is 35.5. The molecule has 0 unspecified atom stereocenters. The summed E-state index contributed by atoms with van der Waals surface area (Å²) in [6.45, 7) is 2.47. The van der Waals surface area contributed by atoms with Crippen molar-refractivity contribution >= 4 is 17.5 Å². The average Bonchev–Trinajstić information content (AvgIpc) is 2.98. The number of aryl methyl sites for hydroxylation is 1. The molecule has 114 valence electrons. The van der Waals surface area contributed by atoms with Gasteiger partial charge >= 0.3 is 0 Å². The average molecular weight is 324 g/mol. The van der Waals surface area contributed by atoms with Crippen LogP contribution in [0.5, 0.6) is 0 Å². The number of hydrogen-bond acceptors (Lipinski definition) is 4. The van der Waals surface area contributed by atoms with Gasteiger partial charge in [-0.2, -0.15) is 10.2 Å². The van der Waals surface area contributed by atoms with Crippen LogP contribution in [0, 0.1) is 18.3 Å². The molecule has 1 heterocycles. The van der Waals surface area contributed by atoms with Crippen LogP contribution in [0.25, 0.3) is 11.5 Å². The van der Waals surface area contributed by atoms with E-state index in [1.165, 1.54) is 0 Å². The maximum Gasteiger partial charge on any atom is 0.232 e. The lowest BCUT2D eigenvalue weighted by Gasteiger charge is -2.05. The van der Waals surface area contributed by atoms with Gasteiger partial charge in [-0.15, -0.1) is 0 Å². The van der Waals surface area contributed by atoms with Gasteiger partial charge in [-0.05, 0) is 30.7 Å². The van der Waals surface area contributed by atoms with Crippen molar-refractivity contribution in [3.63, 3.8) is 0 Å². The Hall–Kier alpha value is -2.77. The second-order valence-corrected chi connectivity index (χ2v) is 5.53. The van der Waals surface area contributed by atoms with Crippen molar-refractivity contribution in [2.45, 2.75) is 13.5 Å². The Morgan fingerprint density at radius 3 is 2.61 bits per heavy atom. The summed E-state index contributed by atoms with van der Waals surface area (Å²) in [5, 5.41) is 13.0. The number of nitrogens with zero attached hydrogens (tertiary/aromatic N) is 2. The van der Waals surface area contributed by atoms with Gasteiger partial charge < -0.3 is 9.73 Å². The molecule has 0 aliphatic rings. The van der Waals surface area contributed by atoms with Crippen LogP contribution >= 0.6 is 11.6 Å². The van der Waals surface area contributed by atoms with Gasteiger partial charge in [0.2, 0.25) is 17.5 Å². The van der Waals surface area contributed by atoms with E-state index in [9.17, 15) is 5.26 Å². The van der Waals surface area contributed by atoms with Crippen LogP contribution in [0.4, 0.5) is 5.88 Å². The smallest absolute Gasteiger partial charge is 0.232 e. The molecule has 1 aromatic heterocycles. The molecular weight excluding hydrogens is 310 g/mol. The summed E-state index contributed by atoms with van der Waals surface area (Å²) in [4.78, 5) is 4.24. The van der Waals surface area contributed by atoms with E-state index < -0.39 is 0 Å². The lowest BCUT2D eigenvalue weighted by molar-refractivity contribution is 0.585. The Morgan fingerprint density at radius 1 is 1.17 bits per heavy atom. The fourth-order valence-corrected chi connectivity index (χ4v) is 2.36. The zero-order chi connectivity index (χ0) is 16.2. The number of rotatable bonds is 4. The van der Waals surface area contributed by atoms with E-state index >= 15 is 0 Å². The van der Waals surface area contributed by atoms with Crippen LogP contribution < -0.4 is 5.32 Å². The first-order valence-electron chi connectivity index (χ1n) is 7.12. The van der Waals surface area contributed by atoms with Crippen LogP contribution in [0.1, 0.15) is 16.8 Å². The fourth-order valence-electron chi connectivity index (χ4n) is 2.15. The van der Waals surface area contributed by atoms with Gasteiger partial charge in [0.25, 0.3) is 0 Å². The van der Waals surface area contributed by atoms with Crippen LogP contribution in [-0.2, 0) is 6.54 Å². The first kappa shape index (κ1) is 15.1. The largest absolute Gasteiger partial charge is 0.419 e. The van der Waals surface area contributed by atoms with Gasteiger partial charge in [0.1, 0.15) is 6.07 Å². The van der Waals surface area contributed by atoms with Gasteiger partial charge in [0.15, 0.2) is 0 Å². The Kier molecular flexibility index (Phi) is 4.31. The van der Waals surface area contributed by atoms with Crippen LogP contribution in [-0.4, -0.2) is 4.98 Å². The van der Waals surface area contributed by atoms with E-state index in [0.29, 0.717) is 23.3 Å². The molecule has 0 spiro atoms. The van der Waals surface area contributed by atoms with Crippen molar-refractivity contribution in [1.29, 1.82) is 5.26 Å². The highest BCUT2D eigenvalue weighted by Gasteiger charge is 2.14. The standard InChI is InChI=1S/C18H14ClN3O/c1-12-6-8-13(9-7-12)17-22-16(10-20)18(23-17)21-11-14-4-2-3-5-15(14)19/h2-9,21H,11H2,1H3. The molecule has 0 radical (unpaired) electrons. The molecule has 0 saturated carbocycles. The normalized spacial score (nSPS) is 10.3. The molecule has 0 bridgehead atoms.